The number of nitrogens with one attached hydrogen (secondary N) is 2. The van der Waals surface area contributed by atoms with E-state index in [0.29, 0.717) is 12.6 Å². The van der Waals surface area contributed by atoms with Crippen LogP contribution in [-0.2, 0) is 6.54 Å². The quantitative estimate of drug-likeness (QED) is 0.399. The Balaban J connectivity index is 2.02. The van der Waals surface area contributed by atoms with Crippen molar-refractivity contribution in [3.05, 3.63) is 23.8 Å². The van der Waals surface area contributed by atoms with Crippen LogP contribution in [0.4, 0.5) is 0 Å². The molecule has 1 aromatic carbocycles. The summed E-state index contributed by atoms with van der Waals surface area (Å²) in [6, 6.07) is 6.09. The molecule has 0 aromatic heterocycles. The van der Waals surface area contributed by atoms with E-state index in [1.165, 1.54) is 12.8 Å². The minimum Gasteiger partial charge on any atom is -0.493 e. The molecule has 0 atom stereocenters. The van der Waals surface area contributed by atoms with Crippen molar-refractivity contribution in [2.45, 2.75) is 45.3 Å². The molecule has 2 rings (SSSR count). The van der Waals surface area contributed by atoms with Crippen LogP contribution in [0.5, 0.6) is 11.5 Å². The van der Waals surface area contributed by atoms with Gasteiger partial charge in [-0.15, -0.1) is 0 Å². The molecule has 140 valence electrons. The molecule has 1 aliphatic carbocycles. The summed E-state index contributed by atoms with van der Waals surface area (Å²) in [7, 11) is 1.69. The van der Waals surface area contributed by atoms with Gasteiger partial charge in [0, 0.05) is 18.8 Å². The second-order valence-corrected chi connectivity index (χ2v) is 7.11. The Morgan fingerprint density at radius 3 is 2.72 bits per heavy atom. The van der Waals surface area contributed by atoms with E-state index in [1.807, 2.05) is 17.8 Å². The third-order valence-electron chi connectivity index (χ3n) is 4.19. The Kier molecular flexibility index (Phi) is 8.80. The molecule has 25 heavy (non-hydrogen) atoms. The third-order valence-corrected chi connectivity index (χ3v) is 4.80. The molecule has 0 heterocycles. The molecular weight excluding hydrogens is 334 g/mol. The molecule has 1 aromatic rings. The van der Waals surface area contributed by atoms with E-state index < -0.39 is 0 Å². The van der Waals surface area contributed by atoms with Crippen LogP contribution in [0.1, 0.15) is 38.2 Å². The summed E-state index contributed by atoms with van der Waals surface area (Å²) >= 11 is 1.82. The number of thioether (sulfide) groups is 1. The molecule has 0 spiro atoms. The Bertz CT molecular complexity index is 545. The monoisotopic (exact) mass is 365 g/mol. The van der Waals surface area contributed by atoms with Gasteiger partial charge in [-0.2, -0.15) is 11.8 Å². The van der Waals surface area contributed by atoms with E-state index in [4.69, 9.17) is 9.47 Å². The lowest BCUT2D eigenvalue weighted by Gasteiger charge is -2.17. The maximum Gasteiger partial charge on any atom is 0.191 e. The number of guanidine groups is 1. The van der Waals surface area contributed by atoms with Gasteiger partial charge in [-0.25, -0.2) is 4.99 Å². The van der Waals surface area contributed by atoms with E-state index in [0.717, 1.165) is 54.7 Å². The molecule has 5 nitrogen and oxygen atoms in total. The number of methoxy groups -OCH3 is 1. The van der Waals surface area contributed by atoms with Crippen LogP contribution in [0, 0.1) is 0 Å². The zero-order valence-electron chi connectivity index (χ0n) is 15.6. The minimum absolute atomic E-state index is 0.318. The Morgan fingerprint density at radius 2 is 2.04 bits per heavy atom. The number of hydrogen-bond donors (Lipinski definition) is 2. The van der Waals surface area contributed by atoms with Crippen LogP contribution in [0.2, 0.25) is 0 Å². The first-order valence-electron chi connectivity index (χ1n) is 9.11. The van der Waals surface area contributed by atoms with E-state index in [9.17, 15) is 0 Å². The predicted molar refractivity (Wildman–Crippen MR) is 107 cm³/mol. The van der Waals surface area contributed by atoms with Crippen LogP contribution in [-0.4, -0.2) is 44.3 Å². The molecule has 0 amide bonds. The summed E-state index contributed by atoms with van der Waals surface area (Å²) in [5.74, 6) is 3.55. The van der Waals surface area contributed by atoms with Gasteiger partial charge in [0.2, 0.25) is 0 Å². The first-order chi connectivity index (χ1) is 12.3. The first kappa shape index (κ1) is 19.8. The van der Waals surface area contributed by atoms with Gasteiger partial charge in [-0.05, 0) is 56.6 Å². The molecular formula is C19H31N3O2S. The number of benzene rings is 1. The van der Waals surface area contributed by atoms with Crippen LogP contribution in [0.25, 0.3) is 0 Å². The number of nitrogens with zero attached hydrogens (tertiary/aromatic N) is 1. The minimum atomic E-state index is 0.318. The summed E-state index contributed by atoms with van der Waals surface area (Å²) in [4.78, 5) is 4.67. The molecule has 0 unspecified atom stereocenters. The maximum absolute atomic E-state index is 6.16. The highest BCUT2D eigenvalue weighted by Crippen LogP contribution is 2.32. The summed E-state index contributed by atoms with van der Waals surface area (Å²) in [5.41, 5.74) is 1.12. The SMILES string of the molecule is CCNC(=NCc1ccc(OC)c(OC2CCCC2)c1)NCCSC. The van der Waals surface area contributed by atoms with Gasteiger partial charge < -0.3 is 20.1 Å². The van der Waals surface area contributed by atoms with Gasteiger partial charge in [-0.1, -0.05) is 6.07 Å². The van der Waals surface area contributed by atoms with Gasteiger partial charge in [0.05, 0.1) is 19.8 Å². The van der Waals surface area contributed by atoms with Crippen molar-refractivity contribution in [3.63, 3.8) is 0 Å². The molecule has 2 N–H and O–H groups in total. The summed E-state index contributed by atoms with van der Waals surface area (Å²) in [6.45, 7) is 4.45. The third kappa shape index (κ3) is 6.69. The standard InChI is InChI=1S/C19H31N3O2S/c1-4-20-19(21-11-12-25-3)22-14-15-9-10-17(23-2)18(13-15)24-16-7-5-6-8-16/h9-10,13,16H,4-8,11-12,14H2,1-3H3,(H2,20,21,22). The Labute approximate surface area is 156 Å². The second-order valence-electron chi connectivity index (χ2n) is 6.12. The predicted octanol–water partition coefficient (Wildman–Crippen LogP) is 3.43. The van der Waals surface area contributed by atoms with Crippen molar-refractivity contribution in [2.75, 3.05) is 32.2 Å². The highest BCUT2D eigenvalue weighted by molar-refractivity contribution is 7.98. The van der Waals surface area contributed by atoms with E-state index in [1.54, 1.807) is 7.11 Å². The molecule has 0 radical (unpaired) electrons. The van der Waals surface area contributed by atoms with Crippen molar-refractivity contribution in [3.8, 4) is 11.5 Å². The lowest BCUT2D eigenvalue weighted by Crippen LogP contribution is -2.38. The van der Waals surface area contributed by atoms with Gasteiger partial charge in [0.1, 0.15) is 0 Å². The fourth-order valence-corrected chi connectivity index (χ4v) is 3.19. The summed E-state index contributed by atoms with van der Waals surface area (Å²) < 4.78 is 11.6. The number of rotatable bonds is 9. The largest absolute Gasteiger partial charge is 0.493 e. The lowest BCUT2D eigenvalue weighted by molar-refractivity contribution is 0.200. The lowest BCUT2D eigenvalue weighted by atomic mass is 10.2. The fourth-order valence-electron chi connectivity index (χ4n) is 2.88. The smallest absolute Gasteiger partial charge is 0.191 e. The average molecular weight is 366 g/mol. The van der Waals surface area contributed by atoms with E-state index >= 15 is 0 Å². The summed E-state index contributed by atoms with van der Waals surface area (Å²) in [6.07, 6.45) is 7.20. The van der Waals surface area contributed by atoms with Crippen LogP contribution in [0.15, 0.2) is 23.2 Å². The van der Waals surface area contributed by atoms with E-state index in [-0.39, 0.29) is 0 Å². The van der Waals surface area contributed by atoms with Crippen LogP contribution in [0.3, 0.4) is 0 Å². The van der Waals surface area contributed by atoms with E-state index in [2.05, 4.69) is 40.9 Å². The number of aliphatic imine (C=N–C) groups is 1. The number of ether oxygens (including phenoxy) is 2. The van der Waals surface area contributed by atoms with Gasteiger partial charge in [-0.3, -0.25) is 0 Å². The Morgan fingerprint density at radius 1 is 1.24 bits per heavy atom. The van der Waals surface area contributed by atoms with Crippen molar-refractivity contribution >= 4 is 17.7 Å². The molecule has 6 heteroatoms. The average Bonchev–Trinajstić information content (AvgIpc) is 3.13. The zero-order valence-corrected chi connectivity index (χ0v) is 16.5. The fraction of sp³-hybridized carbons (Fsp3) is 0.632. The van der Waals surface area contributed by atoms with Gasteiger partial charge in [0.25, 0.3) is 0 Å². The van der Waals surface area contributed by atoms with Gasteiger partial charge in [0.15, 0.2) is 17.5 Å². The zero-order chi connectivity index (χ0) is 17.9. The first-order valence-corrected chi connectivity index (χ1v) is 10.5. The van der Waals surface area contributed by atoms with Crippen molar-refractivity contribution in [1.29, 1.82) is 0 Å². The molecule has 0 aliphatic heterocycles. The highest BCUT2D eigenvalue weighted by atomic mass is 32.2. The van der Waals surface area contributed by atoms with Gasteiger partial charge >= 0.3 is 0 Å². The molecule has 0 saturated heterocycles. The maximum atomic E-state index is 6.16. The molecule has 0 bridgehead atoms. The van der Waals surface area contributed by atoms with Crippen molar-refractivity contribution in [1.82, 2.24) is 10.6 Å². The topological polar surface area (TPSA) is 54.9 Å². The van der Waals surface area contributed by atoms with Crippen LogP contribution < -0.4 is 20.1 Å². The number of hydrogen-bond acceptors (Lipinski definition) is 4. The van der Waals surface area contributed by atoms with Crippen molar-refractivity contribution in [2.24, 2.45) is 4.99 Å². The van der Waals surface area contributed by atoms with Crippen molar-refractivity contribution < 1.29 is 9.47 Å². The molecule has 1 aliphatic rings. The van der Waals surface area contributed by atoms with Crippen LogP contribution >= 0.6 is 11.8 Å². The Hall–Kier alpha value is -1.56. The summed E-state index contributed by atoms with van der Waals surface area (Å²) in [5, 5.41) is 6.63. The highest BCUT2D eigenvalue weighted by Gasteiger charge is 2.18. The molecule has 1 fully saturated rings. The second kappa shape index (κ2) is 11.1. The molecule has 1 saturated carbocycles. The normalized spacial score (nSPS) is 15.2.